The molecule has 3 rings (SSSR count). The Labute approximate surface area is 158 Å². The minimum absolute atomic E-state index is 0.0291. The van der Waals surface area contributed by atoms with E-state index in [0.717, 1.165) is 24.9 Å². The number of nitrogens with zero attached hydrogens (tertiary/aromatic N) is 1. The number of hydrogen-bond acceptors (Lipinski definition) is 5. The van der Waals surface area contributed by atoms with Gasteiger partial charge in [-0.1, -0.05) is 11.6 Å². The number of piperidine rings is 1. The molecule has 0 N–H and O–H groups in total. The van der Waals surface area contributed by atoms with Crippen LogP contribution in [0.25, 0.3) is 6.08 Å². The van der Waals surface area contributed by atoms with E-state index >= 15 is 0 Å². The first-order chi connectivity index (χ1) is 12.6. The number of carbonyl (C=O) groups excluding carboxylic acids is 1. The monoisotopic (exact) mass is 381 g/mol. The number of methoxy groups -OCH3 is 2. The van der Waals surface area contributed by atoms with Crippen molar-refractivity contribution >= 4 is 23.6 Å². The highest BCUT2D eigenvalue weighted by Gasteiger charge is 2.32. The number of benzene rings is 1. The van der Waals surface area contributed by atoms with Crippen molar-refractivity contribution < 1.29 is 23.7 Å². The summed E-state index contributed by atoms with van der Waals surface area (Å²) in [6.45, 7) is 2.67. The first kappa shape index (κ1) is 19.0. The largest absolute Gasteiger partial charge is 0.493 e. The molecule has 6 nitrogen and oxygen atoms in total. The summed E-state index contributed by atoms with van der Waals surface area (Å²) in [6, 6.07) is 3.53. The van der Waals surface area contributed by atoms with Crippen LogP contribution in [0, 0.1) is 5.92 Å². The van der Waals surface area contributed by atoms with E-state index in [-0.39, 0.29) is 18.1 Å². The summed E-state index contributed by atoms with van der Waals surface area (Å²) in [6.07, 6.45) is 5.09. The number of amides is 1. The molecule has 7 heteroatoms. The molecule has 0 radical (unpaired) electrons. The molecule has 2 heterocycles. The fraction of sp³-hybridized carbons (Fsp3) is 0.526. The highest BCUT2D eigenvalue weighted by Crippen LogP contribution is 2.36. The third kappa shape index (κ3) is 4.31. The van der Waals surface area contributed by atoms with Crippen molar-refractivity contribution in [2.75, 3.05) is 40.5 Å². The van der Waals surface area contributed by atoms with Crippen molar-refractivity contribution in [2.24, 2.45) is 5.92 Å². The maximum absolute atomic E-state index is 12.6. The molecule has 1 atom stereocenters. The van der Waals surface area contributed by atoms with Gasteiger partial charge in [-0.05, 0) is 36.6 Å². The lowest BCUT2D eigenvalue weighted by Crippen LogP contribution is -2.43. The fourth-order valence-corrected chi connectivity index (χ4v) is 3.68. The van der Waals surface area contributed by atoms with Crippen LogP contribution in [0.15, 0.2) is 18.2 Å². The number of rotatable bonds is 5. The van der Waals surface area contributed by atoms with Crippen molar-refractivity contribution in [1.82, 2.24) is 4.90 Å². The van der Waals surface area contributed by atoms with E-state index in [9.17, 15) is 4.79 Å². The molecule has 0 aliphatic carbocycles. The molecular formula is C19H24ClNO5. The molecule has 2 saturated heterocycles. The highest BCUT2D eigenvalue weighted by atomic mass is 35.5. The summed E-state index contributed by atoms with van der Waals surface area (Å²) in [7, 11) is 3.08. The molecule has 1 aromatic rings. The van der Waals surface area contributed by atoms with Gasteiger partial charge >= 0.3 is 0 Å². The molecule has 2 fully saturated rings. The summed E-state index contributed by atoms with van der Waals surface area (Å²) >= 11 is 6.21. The normalized spacial score (nSPS) is 21.3. The first-order valence-electron chi connectivity index (χ1n) is 8.74. The maximum Gasteiger partial charge on any atom is 0.246 e. The van der Waals surface area contributed by atoms with Crippen LogP contribution in [0.2, 0.25) is 5.02 Å². The van der Waals surface area contributed by atoms with Gasteiger partial charge in [-0.3, -0.25) is 4.79 Å². The van der Waals surface area contributed by atoms with Gasteiger partial charge in [0, 0.05) is 25.1 Å². The average molecular weight is 382 g/mol. The molecule has 142 valence electrons. The second-order valence-corrected chi connectivity index (χ2v) is 6.78. The quantitative estimate of drug-likeness (QED) is 0.734. The van der Waals surface area contributed by atoms with Crippen LogP contribution < -0.4 is 9.47 Å². The number of halogens is 1. The summed E-state index contributed by atoms with van der Waals surface area (Å²) in [5, 5.41) is 0.438. The van der Waals surface area contributed by atoms with Crippen molar-refractivity contribution in [2.45, 2.75) is 19.1 Å². The summed E-state index contributed by atoms with van der Waals surface area (Å²) in [4.78, 5) is 14.4. The van der Waals surface area contributed by atoms with Gasteiger partial charge in [0.15, 0.2) is 17.8 Å². The Bertz CT molecular complexity index is 672. The van der Waals surface area contributed by atoms with Crippen LogP contribution in [-0.4, -0.2) is 57.6 Å². The molecule has 1 unspecified atom stereocenters. The Balaban J connectivity index is 1.66. The lowest BCUT2D eigenvalue weighted by atomic mass is 9.97. The van der Waals surface area contributed by atoms with E-state index in [0.29, 0.717) is 36.3 Å². The summed E-state index contributed by atoms with van der Waals surface area (Å²) in [5.41, 5.74) is 0.775. The van der Waals surface area contributed by atoms with Crippen molar-refractivity contribution in [1.29, 1.82) is 0 Å². The smallest absolute Gasteiger partial charge is 0.246 e. The predicted octanol–water partition coefficient (Wildman–Crippen LogP) is 2.98. The van der Waals surface area contributed by atoms with Crippen LogP contribution in [-0.2, 0) is 14.3 Å². The van der Waals surface area contributed by atoms with E-state index in [1.165, 1.54) is 7.11 Å². The van der Waals surface area contributed by atoms with Gasteiger partial charge in [-0.2, -0.15) is 0 Å². The van der Waals surface area contributed by atoms with Crippen LogP contribution in [0.1, 0.15) is 18.4 Å². The molecule has 2 aliphatic heterocycles. The zero-order valence-electron chi connectivity index (χ0n) is 15.1. The molecule has 0 spiro atoms. The van der Waals surface area contributed by atoms with E-state index < -0.39 is 0 Å². The van der Waals surface area contributed by atoms with Gasteiger partial charge in [-0.25, -0.2) is 0 Å². The molecule has 2 aliphatic rings. The molecule has 0 bridgehead atoms. The Morgan fingerprint density at radius 1 is 1.27 bits per heavy atom. The Morgan fingerprint density at radius 3 is 2.73 bits per heavy atom. The van der Waals surface area contributed by atoms with Crippen LogP contribution in [0.3, 0.4) is 0 Å². The molecule has 1 aromatic carbocycles. The highest BCUT2D eigenvalue weighted by molar-refractivity contribution is 6.32. The van der Waals surface area contributed by atoms with Crippen LogP contribution in [0.4, 0.5) is 0 Å². The fourth-order valence-electron chi connectivity index (χ4n) is 3.39. The minimum atomic E-state index is -0.181. The van der Waals surface area contributed by atoms with E-state index in [1.54, 1.807) is 31.4 Å². The average Bonchev–Trinajstić information content (AvgIpc) is 3.20. The number of carbonyl (C=O) groups is 1. The molecule has 1 amide bonds. The topological polar surface area (TPSA) is 57.2 Å². The lowest BCUT2D eigenvalue weighted by Gasteiger charge is -2.34. The molecule has 0 aromatic heterocycles. The zero-order valence-corrected chi connectivity index (χ0v) is 15.8. The van der Waals surface area contributed by atoms with Crippen molar-refractivity contribution in [3.63, 3.8) is 0 Å². The molecule has 0 saturated carbocycles. The SMILES string of the molecule is COc1cc(/C=C/C(=O)N2CCCC(C3OCCO3)C2)cc(Cl)c1OC. The summed E-state index contributed by atoms with van der Waals surface area (Å²) < 4.78 is 21.7. The number of ether oxygens (including phenoxy) is 4. The van der Waals surface area contributed by atoms with Crippen LogP contribution >= 0.6 is 11.6 Å². The Morgan fingerprint density at radius 2 is 2.04 bits per heavy atom. The second-order valence-electron chi connectivity index (χ2n) is 6.37. The van der Waals surface area contributed by atoms with Crippen LogP contribution in [0.5, 0.6) is 11.5 Å². The zero-order chi connectivity index (χ0) is 18.5. The molecule has 26 heavy (non-hydrogen) atoms. The third-order valence-corrected chi connectivity index (χ3v) is 4.96. The van der Waals surface area contributed by atoms with Gasteiger partial charge in [0.2, 0.25) is 5.91 Å². The van der Waals surface area contributed by atoms with Gasteiger partial charge in [0.1, 0.15) is 0 Å². The Hall–Kier alpha value is -1.76. The van der Waals surface area contributed by atoms with Crippen molar-refractivity contribution in [3.05, 3.63) is 28.8 Å². The number of hydrogen-bond donors (Lipinski definition) is 0. The Kier molecular flexibility index (Phi) is 6.40. The summed E-state index contributed by atoms with van der Waals surface area (Å²) in [5.74, 6) is 1.21. The second kappa shape index (κ2) is 8.75. The third-order valence-electron chi connectivity index (χ3n) is 4.68. The van der Waals surface area contributed by atoms with Gasteiger partial charge in [0.05, 0.1) is 32.5 Å². The van der Waals surface area contributed by atoms with Gasteiger partial charge in [-0.15, -0.1) is 0 Å². The van der Waals surface area contributed by atoms with E-state index in [4.69, 9.17) is 30.5 Å². The van der Waals surface area contributed by atoms with Gasteiger partial charge < -0.3 is 23.8 Å². The molecular weight excluding hydrogens is 358 g/mol. The number of likely N-dealkylation sites (tertiary alicyclic amines) is 1. The van der Waals surface area contributed by atoms with Crippen molar-refractivity contribution in [3.8, 4) is 11.5 Å². The predicted molar refractivity (Wildman–Crippen MR) is 98.6 cm³/mol. The van der Waals surface area contributed by atoms with E-state index in [1.807, 2.05) is 4.90 Å². The lowest BCUT2D eigenvalue weighted by molar-refractivity contribution is -0.134. The standard InChI is InChI=1S/C19H24ClNO5/c1-23-16-11-13(10-15(20)18(16)24-2)5-6-17(22)21-7-3-4-14(12-21)19-25-8-9-26-19/h5-6,10-11,14,19H,3-4,7-9,12H2,1-2H3/b6-5+. The maximum atomic E-state index is 12.6. The van der Waals surface area contributed by atoms with E-state index in [2.05, 4.69) is 0 Å². The first-order valence-corrected chi connectivity index (χ1v) is 9.12. The van der Waals surface area contributed by atoms with Gasteiger partial charge in [0.25, 0.3) is 0 Å². The minimum Gasteiger partial charge on any atom is -0.493 e.